The lowest BCUT2D eigenvalue weighted by atomic mass is 9.95. The fraction of sp³-hybridized carbons (Fsp3) is 0.818. The standard InChI is InChI=1S/C11H17Cl/c12-11-7-9-5-3-1-2-4-6-10(9)8-11/h11H,1-8H2. The molecule has 12 heavy (non-hydrogen) atoms. The molecule has 0 heterocycles. The van der Waals surface area contributed by atoms with Crippen molar-refractivity contribution in [1.82, 2.24) is 0 Å². The minimum atomic E-state index is 0.438. The molecule has 0 aromatic heterocycles. The fourth-order valence-electron chi connectivity index (χ4n) is 2.48. The lowest BCUT2D eigenvalue weighted by Gasteiger charge is -2.11. The Morgan fingerprint density at radius 1 is 0.833 bits per heavy atom. The summed E-state index contributed by atoms with van der Waals surface area (Å²) in [5.41, 5.74) is 3.43. The Bertz CT molecular complexity index is 173. The predicted octanol–water partition coefficient (Wildman–Crippen LogP) is 4.04. The van der Waals surface area contributed by atoms with Crippen molar-refractivity contribution in [3.63, 3.8) is 0 Å². The molecule has 2 rings (SSSR count). The van der Waals surface area contributed by atoms with Gasteiger partial charge in [0.15, 0.2) is 0 Å². The highest BCUT2D eigenvalue weighted by Crippen LogP contribution is 2.37. The number of hydrogen-bond acceptors (Lipinski definition) is 0. The molecule has 1 heteroatoms. The summed E-state index contributed by atoms with van der Waals surface area (Å²) in [7, 11) is 0. The second-order valence-corrected chi connectivity index (χ2v) is 4.74. The van der Waals surface area contributed by atoms with Gasteiger partial charge in [-0.15, -0.1) is 11.6 Å². The van der Waals surface area contributed by atoms with Crippen molar-refractivity contribution in [2.24, 2.45) is 0 Å². The van der Waals surface area contributed by atoms with Gasteiger partial charge >= 0.3 is 0 Å². The SMILES string of the molecule is ClC1CC2=C(CCCCCC2)C1. The number of allylic oxidation sites excluding steroid dienone is 2. The molecule has 0 nitrogen and oxygen atoms in total. The van der Waals surface area contributed by atoms with Gasteiger partial charge in [0, 0.05) is 5.38 Å². The molecule has 0 amide bonds. The van der Waals surface area contributed by atoms with E-state index in [1.54, 1.807) is 11.1 Å². The summed E-state index contributed by atoms with van der Waals surface area (Å²) in [6, 6.07) is 0. The Morgan fingerprint density at radius 2 is 1.33 bits per heavy atom. The minimum absolute atomic E-state index is 0.438. The molecule has 0 aromatic carbocycles. The third-order valence-corrected chi connectivity index (χ3v) is 3.45. The average Bonchev–Trinajstić information content (AvgIpc) is 2.32. The van der Waals surface area contributed by atoms with Crippen LogP contribution in [0, 0.1) is 0 Å². The van der Waals surface area contributed by atoms with E-state index in [2.05, 4.69) is 0 Å². The van der Waals surface area contributed by atoms with Gasteiger partial charge in [0.05, 0.1) is 0 Å². The molecule has 2 aliphatic carbocycles. The maximum atomic E-state index is 6.15. The molecule has 0 aromatic rings. The van der Waals surface area contributed by atoms with Crippen molar-refractivity contribution in [3.05, 3.63) is 11.1 Å². The summed E-state index contributed by atoms with van der Waals surface area (Å²) >= 11 is 6.15. The van der Waals surface area contributed by atoms with E-state index < -0.39 is 0 Å². The second kappa shape index (κ2) is 3.83. The molecule has 0 saturated carbocycles. The molecule has 0 N–H and O–H groups in total. The maximum absolute atomic E-state index is 6.15. The van der Waals surface area contributed by atoms with Crippen molar-refractivity contribution in [2.75, 3.05) is 0 Å². The molecule has 2 aliphatic rings. The molecule has 0 spiro atoms. The van der Waals surface area contributed by atoms with E-state index in [0.29, 0.717) is 5.38 Å². The monoisotopic (exact) mass is 184 g/mol. The Hall–Kier alpha value is 0.0300. The summed E-state index contributed by atoms with van der Waals surface area (Å²) in [5.74, 6) is 0. The van der Waals surface area contributed by atoms with Gasteiger partial charge in [0.25, 0.3) is 0 Å². The van der Waals surface area contributed by atoms with Crippen molar-refractivity contribution in [1.29, 1.82) is 0 Å². The Morgan fingerprint density at radius 3 is 1.83 bits per heavy atom. The third kappa shape index (κ3) is 1.85. The fourth-order valence-corrected chi connectivity index (χ4v) is 2.86. The van der Waals surface area contributed by atoms with Gasteiger partial charge < -0.3 is 0 Å². The van der Waals surface area contributed by atoms with Crippen LogP contribution in [0.5, 0.6) is 0 Å². The Kier molecular flexibility index (Phi) is 2.75. The van der Waals surface area contributed by atoms with E-state index >= 15 is 0 Å². The van der Waals surface area contributed by atoms with Crippen molar-refractivity contribution in [3.8, 4) is 0 Å². The summed E-state index contributed by atoms with van der Waals surface area (Å²) in [5, 5.41) is 0.438. The zero-order valence-electron chi connectivity index (χ0n) is 7.61. The van der Waals surface area contributed by atoms with E-state index in [1.165, 1.54) is 51.4 Å². The Balaban J connectivity index is 2.05. The Labute approximate surface area is 80.0 Å². The van der Waals surface area contributed by atoms with E-state index in [0.717, 1.165) is 0 Å². The first-order valence-corrected chi connectivity index (χ1v) is 5.64. The summed E-state index contributed by atoms with van der Waals surface area (Å²) in [6.45, 7) is 0. The lowest BCUT2D eigenvalue weighted by Crippen LogP contribution is -1.91. The topological polar surface area (TPSA) is 0 Å². The van der Waals surface area contributed by atoms with Gasteiger partial charge in [-0.1, -0.05) is 24.0 Å². The van der Waals surface area contributed by atoms with Gasteiger partial charge in [-0.3, -0.25) is 0 Å². The second-order valence-electron chi connectivity index (χ2n) is 4.13. The summed E-state index contributed by atoms with van der Waals surface area (Å²) in [6.07, 6.45) is 10.8. The normalized spacial score (nSPS) is 26.8. The van der Waals surface area contributed by atoms with Crippen LogP contribution >= 0.6 is 11.6 Å². The number of rotatable bonds is 0. The van der Waals surface area contributed by atoms with Crippen LogP contribution in [-0.4, -0.2) is 5.38 Å². The molecule has 0 atom stereocenters. The van der Waals surface area contributed by atoms with Crippen LogP contribution in [0.2, 0.25) is 0 Å². The van der Waals surface area contributed by atoms with Crippen LogP contribution in [0.4, 0.5) is 0 Å². The van der Waals surface area contributed by atoms with E-state index in [-0.39, 0.29) is 0 Å². The molecule has 0 saturated heterocycles. The molecular formula is C11H17Cl. The highest BCUT2D eigenvalue weighted by Gasteiger charge is 2.22. The van der Waals surface area contributed by atoms with Gasteiger partial charge in [0.1, 0.15) is 0 Å². The first-order valence-electron chi connectivity index (χ1n) is 5.20. The minimum Gasteiger partial charge on any atom is -0.122 e. The molecule has 0 unspecified atom stereocenters. The smallest absolute Gasteiger partial charge is 0.0410 e. The lowest BCUT2D eigenvalue weighted by molar-refractivity contribution is 0.611. The van der Waals surface area contributed by atoms with Crippen LogP contribution < -0.4 is 0 Å². The molecule has 0 fully saturated rings. The molecule has 68 valence electrons. The number of halogens is 1. The van der Waals surface area contributed by atoms with Crippen molar-refractivity contribution < 1.29 is 0 Å². The largest absolute Gasteiger partial charge is 0.122 e. The number of hydrogen-bond donors (Lipinski definition) is 0. The number of alkyl halides is 1. The van der Waals surface area contributed by atoms with Gasteiger partial charge in [0.2, 0.25) is 0 Å². The van der Waals surface area contributed by atoms with Crippen LogP contribution in [0.3, 0.4) is 0 Å². The van der Waals surface area contributed by atoms with Gasteiger partial charge in [-0.2, -0.15) is 0 Å². The van der Waals surface area contributed by atoms with E-state index in [9.17, 15) is 0 Å². The summed E-state index contributed by atoms with van der Waals surface area (Å²) in [4.78, 5) is 0. The molecule has 0 bridgehead atoms. The predicted molar refractivity (Wildman–Crippen MR) is 53.6 cm³/mol. The van der Waals surface area contributed by atoms with Crippen molar-refractivity contribution >= 4 is 11.6 Å². The van der Waals surface area contributed by atoms with Gasteiger partial charge in [-0.25, -0.2) is 0 Å². The van der Waals surface area contributed by atoms with Crippen LogP contribution in [0.1, 0.15) is 51.4 Å². The molecule has 0 radical (unpaired) electrons. The van der Waals surface area contributed by atoms with Crippen LogP contribution in [-0.2, 0) is 0 Å². The molecular weight excluding hydrogens is 168 g/mol. The van der Waals surface area contributed by atoms with E-state index in [4.69, 9.17) is 11.6 Å². The van der Waals surface area contributed by atoms with Crippen LogP contribution in [0.25, 0.3) is 0 Å². The third-order valence-electron chi connectivity index (χ3n) is 3.14. The summed E-state index contributed by atoms with van der Waals surface area (Å²) < 4.78 is 0. The quantitative estimate of drug-likeness (QED) is 0.394. The van der Waals surface area contributed by atoms with E-state index in [1.807, 2.05) is 0 Å². The first kappa shape index (κ1) is 8.62. The highest BCUT2D eigenvalue weighted by atomic mass is 35.5. The zero-order chi connectivity index (χ0) is 8.39. The molecule has 0 aliphatic heterocycles. The zero-order valence-corrected chi connectivity index (χ0v) is 8.37. The van der Waals surface area contributed by atoms with Gasteiger partial charge in [-0.05, 0) is 38.5 Å². The maximum Gasteiger partial charge on any atom is 0.0410 e. The average molecular weight is 185 g/mol. The first-order chi connectivity index (χ1) is 5.86. The van der Waals surface area contributed by atoms with Crippen molar-refractivity contribution in [2.45, 2.75) is 56.7 Å². The van der Waals surface area contributed by atoms with Crippen LogP contribution in [0.15, 0.2) is 11.1 Å². The highest BCUT2D eigenvalue weighted by molar-refractivity contribution is 6.21.